The maximum Gasteiger partial charge on any atom is 0.257 e. The molecule has 1 rings (SSSR count). The lowest BCUT2D eigenvalue weighted by Crippen LogP contribution is -2.29. The van der Waals surface area contributed by atoms with Gasteiger partial charge in [-0.1, -0.05) is 46.4 Å². The predicted molar refractivity (Wildman–Crippen MR) is 82.2 cm³/mol. The largest absolute Gasteiger partial charge is 0.484 e. The number of carbonyl (C=O) groups is 1. The van der Waals surface area contributed by atoms with Crippen LogP contribution in [0.2, 0.25) is 5.02 Å². The maximum atomic E-state index is 11.5. The van der Waals surface area contributed by atoms with Gasteiger partial charge in [-0.05, 0) is 31.0 Å². The predicted octanol–water partition coefficient (Wildman–Crippen LogP) is 3.79. The summed E-state index contributed by atoms with van der Waals surface area (Å²) in [6, 6.07) is 7.02. The fourth-order valence-electron chi connectivity index (χ4n) is 1.56. The van der Waals surface area contributed by atoms with Gasteiger partial charge in [0.05, 0.1) is 0 Å². The highest BCUT2D eigenvalue weighted by molar-refractivity contribution is 9.09. The number of carbonyl (C=O) groups excluding carboxylic acids is 1. The molecule has 0 heterocycles. The van der Waals surface area contributed by atoms with Crippen molar-refractivity contribution in [2.24, 2.45) is 0 Å². The molecule has 0 bridgehead atoms. The smallest absolute Gasteiger partial charge is 0.257 e. The summed E-state index contributed by atoms with van der Waals surface area (Å²) in [5.74, 6) is 0.514. The molecule has 1 aromatic rings. The van der Waals surface area contributed by atoms with Crippen molar-refractivity contribution in [3.63, 3.8) is 0 Å². The highest BCUT2D eigenvalue weighted by Crippen LogP contribution is 2.16. The van der Waals surface area contributed by atoms with Gasteiger partial charge in [0, 0.05) is 16.9 Å². The van der Waals surface area contributed by atoms with Gasteiger partial charge in [-0.2, -0.15) is 0 Å². The van der Waals surface area contributed by atoms with E-state index in [9.17, 15) is 4.79 Å². The van der Waals surface area contributed by atoms with Crippen molar-refractivity contribution in [2.75, 3.05) is 18.5 Å². The second-order valence-electron chi connectivity index (χ2n) is 4.20. The molecule has 0 aromatic heterocycles. The van der Waals surface area contributed by atoms with Crippen LogP contribution < -0.4 is 10.1 Å². The first kappa shape index (κ1) is 16.3. The number of alkyl halides is 1. The Labute approximate surface area is 127 Å². The highest BCUT2D eigenvalue weighted by Gasteiger charge is 2.02. The summed E-state index contributed by atoms with van der Waals surface area (Å²) in [6.45, 7) is 0.738. The first-order valence-electron chi connectivity index (χ1n) is 6.43. The van der Waals surface area contributed by atoms with Gasteiger partial charge in [0.2, 0.25) is 0 Å². The molecule has 106 valence electrons. The van der Waals surface area contributed by atoms with Crippen LogP contribution in [0.5, 0.6) is 5.75 Å². The first-order valence-corrected chi connectivity index (χ1v) is 7.93. The van der Waals surface area contributed by atoms with Crippen molar-refractivity contribution in [3.8, 4) is 5.75 Å². The summed E-state index contributed by atoms with van der Waals surface area (Å²) in [6.07, 6.45) is 4.53. The molecule has 5 heteroatoms. The first-order chi connectivity index (χ1) is 9.22. The van der Waals surface area contributed by atoms with E-state index in [1.165, 1.54) is 12.8 Å². The second-order valence-corrected chi connectivity index (χ2v) is 5.43. The Balaban J connectivity index is 2.08. The minimum absolute atomic E-state index is 0.0295. The summed E-state index contributed by atoms with van der Waals surface area (Å²) >= 11 is 9.21. The highest BCUT2D eigenvalue weighted by atomic mass is 79.9. The van der Waals surface area contributed by atoms with Gasteiger partial charge < -0.3 is 10.1 Å². The molecule has 1 aromatic carbocycles. The van der Waals surface area contributed by atoms with Crippen LogP contribution in [0.1, 0.15) is 25.7 Å². The van der Waals surface area contributed by atoms with Crippen molar-refractivity contribution in [3.05, 3.63) is 29.3 Å². The molecule has 3 nitrogen and oxygen atoms in total. The zero-order chi connectivity index (χ0) is 13.9. The molecule has 0 fully saturated rings. The lowest BCUT2D eigenvalue weighted by molar-refractivity contribution is -0.123. The van der Waals surface area contributed by atoms with Crippen molar-refractivity contribution in [1.29, 1.82) is 0 Å². The molecule has 0 saturated carbocycles. The van der Waals surface area contributed by atoms with Crippen LogP contribution in [-0.2, 0) is 4.79 Å². The van der Waals surface area contributed by atoms with E-state index in [0.29, 0.717) is 17.3 Å². The van der Waals surface area contributed by atoms with E-state index in [1.807, 2.05) is 0 Å². The number of ether oxygens (including phenoxy) is 1. The summed E-state index contributed by atoms with van der Waals surface area (Å²) in [7, 11) is 0. The summed E-state index contributed by atoms with van der Waals surface area (Å²) in [5, 5.41) is 4.49. The summed E-state index contributed by atoms with van der Waals surface area (Å²) < 4.78 is 5.34. The SMILES string of the molecule is O=C(COc1cccc(Cl)c1)NCCCCCCBr. The van der Waals surface area contributed by atoms with E-state index in [0.717, 1.165) is 18.2 Å². The van der Waals surface area contributed by atoms with Crippen LogP contribution in [0.3, 0.4) is 0 Å². The van der Waals surface area contributed by atoms with Gasteiger partial charge >= 0.3 is 0 Å². The molecule has 19 heavy (non-hydrogen) atoms. The third-order valence-corrected chi connectivity index (χ3v) is 3.34. The van der Waals surface area contributed by atoms with Gasteiger partial charge in [-0.15, -0.1) is 0 Å². The molecule has 1 amide bonds. The van der Waals surface area contributed by atoms with E-state index in [4.69, 9.17) is 16.3 Å². The Morgan fingerprint density at radius 2 is 2.05 bits per heavy atom. The molecule has 0 aliphatic carbocycles. The molecule has 0 atom stereocenters. The standard InChI is InChI=1S/C14H19BrClNO2/c15-8-3-1-2-4-9-17-14(18)11-19-13-7-5-6-12(16)10-13/h5-7,10H,1-4,8-9,11H2,(H,17,18). The zero-order valence-corrected chi connectivity index (χ0v) is 13.2. The minimum Gasteiger partial charge on any atom is -0.484 e. The second kappa shape index (κ2) is 10.1. The van der Waals surface area contributed by atoms with Gasteiger partial charge in [0.1, 0.15) is 5.75 Å². The van der Waals surface area contributed by atoms with Crippen molar-refractivity contribution < 1.29 is 9.53 Å². The van der Waals surface area contributed by atoms with E-state index < -0.39 is 0 Å². The molecule has 0 spiro atoms. The fourth-order valence-corrected chi connectivity index (χ4v) is 2.13. The number of halogens is 2. The minimum atomic E-state index is -0.0968. The Hall–Kier alpha value is -0.740. The number of benzene rings is 1. The van der Waals surface area contributed by atoms with Crippen LogP contribution in [0.4, 0.5) is 0 Å². The Bertz CT molecular complexity index is 387. The third kappa shape index (κ3) is 8.11. The Morgan fingerprint density at radius 1 is 1.26 bits per heavy atom. The van der Waals surface area contributed by atoms with Crippen LogP contribution in [0.25, 0.3) is 0 Å². The Kier molecular flexibility index (Phi) is 8.67. The van der Waals surface area contributed by atoms with Crippen LogP contribution in [0.15, 0.2) is 24.3 Å². The molecule has 1 N–H and O–H groups in total. The Morgan fingerprint density at radius 3 is 2.79 bits per heavy atom. The molecule has 0 radical (unpaired) electrons. The van der Waals surface area contributed by atoms with Crippen molar-refractivity contribution >= 4 is 33.4 Å². The van der Waals surface area contributed by atoms with Crippen LogP contribution in [-0.4, -0.2) is 24.4 Å². The van der Waals surface area contributed by atoms with Gasteiger partial charge in [0.15, 0.2) is 6.61 Å². The molecular formula is C14H19BrClNO2. The topological polar surface area (TPSA) is 38.3 Å². The van der Waals surface area contributed by atoms with Crippen molar-refractivity contribution in [2.45, 2.75) is 25.7 Å². The summed E-state index contributed by atoms with van der Waals surface area (Å²) in [5.41, 5.74) is 0. The molecule has 0 saturated heterocycles. The lowest BCUT2D eigenvalue weighted by atomic mass is 10.2. The van der Waals surface area contributed by atoms with E-state index >= 15 is 0 Å². The lowest BCUT2D eigenvalue weighted by Gasteiger charge is -2.07. The quantitative estimate of drug-likeness (QED) is 0.544. The van der Waals surface area contributed by atoms with E-state index in [2.05, 4.69) is 21.2 Å². The molecule has 0 unspecified atom stereocenters. The normalized spacial score (nSPS) is 10.2. The number of unbranched alkanes of at least 4 members (excludes halogenated alkanes) is 3. The monoisotopic (exact) mass is 347 g/mol. The molecular weight excluding hydrogens is 330 g/mol. The molecule has 0 aliphatic heterocycles. The summed E-state index contributed by atoms with van der Waals surface area (Å²) in [4.78, 5) is 11.5. The van der Waals surface area contributed by atoms with Gasteiger partial charge in [0.25, 0.3) is 5.91 Å². The molecule has 0 aliphatic rings. The van der Waals surface area contributed by atoms with E-state index in [-0.39, 0.29) is 12.5 Å². The third-order valence-electron chi connectivity index (χ3n) is 2.55. The number of amides is 1. The van der Waals surface area contributed by atoms with Crippen LogP contribution in [0, 0.1) is 0 Å². The number of nitrogens with one attached hydrogen (secondary N) is 1. The van der Waals surface area contributed by atoms with Crippen LogP contribution >= 0.6 is 27.5 Å². The van der Waals surface area contributed by atoms with Gasteiger partial charge in [-0.25, -0.2) is 0 Å². The fraction of sp³-hybridized carbons (Fsp3) is 0.500. The van der Waals surface area contributed by atoms with E-state index in [1.54, 1.807) is 24.3 Å². The van der Waals surface area contributed by atoms with Crippen molar-refractivity contribution in [1.82, 2.24) is 5.32 Å². The number of hydrogen-bond acceptors (Lipinski definition) is 2. The maximum absolute atomic E-state index is 11.5. The average molecular weight is 349 g/mol. The number of rotatable bonds is 9. The number of hydrogen-bond donors (Lipinski definition) is 1. The zero-order valence-electron chi connectivity index (χ0n) is 10.8. The van der Waals surface area contributed by atoms with Gasteiger partial charge in [-0.3, -0.25) is 4.79 Å². The average Bonchev–Trinajstić information content (AvgIpc) is 2.40.